The molecule has 23 heavy (non-hydrogen) atoms. The number of halogens is 3. The summed E-state index contributed by atoms with van der Waals surface area (Å²) in [6.07, 6.45) is 0.00617. The number of rotatable bonds is 3. The number of benzene rings is 1. The van der Waals surface area contributed by atoms with Gasteiger partial charge in [-0.25, -0.2) is 0 Å². The Kier molecular flexibility index (Phi) is 3.97. The number of nitrogens with one attached hydrogen (secondary N) is 1. The molecular weight excluding hydrogens is 303 g/mol. The minimum Gasteiger partial charge on any atom is -0.275 e. The van der Waals surface area contributed by atoms with Crippen LogP contribution in [0.1, 0.15) is 16.8 Å². The predicted octanol–water partition coefficient (Wildman–Crippen LogP) is 4.66. The second kappa shape index (κ2) is 6.08. The van der Waals surface area contributed by atoms with Crippen molar-refractivity contribution in [1.29, 1.82) is 0 Å². The number of alkyl halides is 3. The van der Waals surface area contributed by atoms with Crippen LogP contribution in [0.5, 0.6) is 0 Å². The molecule has 0 aliphatic heterocycles. The zero-order valence-corrected chi connectivity index (χ0v) is 11.9. The van der Waals surface area contributed by atoms with Crippen LogP contribution in [0.2, 0.25) is 0 Å². The molecule has 0 unspecified atom stereocenters. The fraction of sp³-hybridized carbons (Fsp3) is 0.0588. The van der Waals surface area contributed by atoms with Crippen LogP contribution >= 0.6 is 0 Å². The van der Waals surface area contributed by atoms with Crippen molar-refractivity contribution in [2.75, 3.05) is 0 Å². The van der Waals surface area contributed by atoms with Gasteiger partial charge in [-0.3, -0.25) is 10.1 Å². The van der Waals surface area contributed by atoms with Gasteiger partial charge in [0.05, 0.1) is 11.4 Å². The quantitative estimate of drug-likeness (QED) is 0.763. The molecule has 0 atom stereocenters. The maximum Gasteiger partial charge on any atom is 0.435 e. The van der Waals surface area contributed by atoms with Crippen LogP contribution in [0.4, 0.5) is 13.2 Å². The largest absolute Gasteiger partial charge is 0.435 e. The number of H-pyrrole nitrogens is 1. The first-order valence-corrected chi connectivity index (χ1v) is 6.86. The second-order valence-corrected chi connectivity index (χ2v) is 4.82. The van der Waals surface area contributed by atoms with E-state index in [0.29, 0.717) is 5.69 Å². The molecule has 116 valence electrons. The zero-order valence-electron chi connectivity index (χ0n) is 11.9. The van der Waals surface area contributed by atoms with Crippen LogP contribution in [0.3, 0.4) is 0 Å². The van der Waals surface area contributed by atoms with Crippen molar-refractivity contribution in [1.82, 2.24) is 15.2 Å². The Morgan fingerprint density at radius 3 is 2.30 bits per heavy atom. The monoisotopic (exact) mass is 315 g/mol. The van der Waals surface area contributed by atoms with Gasteiger partial charge in [0.1, 0.15) is 0 Å². The average molecular weight is 315 g/mol. The summed E-state index contributed by atoms with van der Waals surface area (Å²) < 4.78 is 39.5. The topological polar surface area (TPSA) is 41.6 Å². The van der Waals surface area contributed by atoms with Gasteiger partial charge in [0.2, 0.25) is 0 Å². The van der Waals surface area contributed by atoms with Crippen molar-refractivity contribution in [3.05, 3.63) is 71.5 Å². The number of aromatic nitrogens is 3. The fourth-order valence-electron chi connectivity index (χ4n) is 2.18. The van der Waals surface area contributed by atoms with E-state index in [9.17, 15) is 13.2 Å². The number of hydrogen-bond acceptors (Lipinski definition) is 2. The third-order valence-electron chi connectivity index (χ3n) is 3.24. The zero-order chi connectivity index (χ0) is 16.3. The minimum absolute atomic E-state index is 0.0277. The van der Waals surface area contributed by atoms with Crippen LogP contribution in [-0.2, 0) is 6.18 Å². The first kappa shape index (κ1) is 15.0. The van der Waals surface area contributed by atoms with Crippen molar-refractivity contribution < 1.29 is 13.2 Å². The summed E-state index contributed by atoms with van der Waals surface area (Å²) in [5.41, 5.74) is 0.465. The molecule has 0 spiro atoms. The van der Waals surface area contributed by atoms with E-state index in [4.69, 9.17) is 0 Å². The van der Waals surface area contributed by atoms with Gasteiger partial charge in [-0.1, -0.05) is 42.5 Å². The third kappa shape index (κ3) is 3.31. The highest BCUT2D eigenvalue weighted by Crippen LogP contribution is 2.35. The van der Waals surface area contributed by atoms with E-state index in [2.05, 4.69) is 15.2 Å². The van der Waals surface area contributed by atoms with E-state index in [-0.39, 0.29) is 11.3 Å². The lowest BCUT2D eigenvalue weighted by Gasteiger charge is -2.05. The smallest absolute Gasteiger partial charge is 0.275 e. The Morgan fingerprint density at radius 1 is 0.913 bits per heavy atom. The first-order chi connectivity index (χ1) is 11.1. The summed E-state index contributed by atoms with van der Waals surface area (Å²) in [5, 5.41) is 5.88. The highest BCUT2D eigenvalue weighted by molar-refractivity contribution is 5.79. The Labute approximate surface area is 130 Å². The summed E-state index contributed by atoms with van der Waals surface area (Å²) in [4.78, 5) is 4.09. The van der Waals surface area contributed by atoms with E-state index in [0.717, 1.165) is 5.56 Å². The van der Waals surface area contributed by atoms with Gasteiger partial charge < -0.3 is 0 Å². The van der Waals surface area contributed by atoms with Gasteiger partial charge in [0.15, 0.2) is 5.69 Å². The van der Waals surface area contributed by atoms with Crippen LogP contribution in [0.25, 0.3) is 23.5 Å². The third-order valence-corrected chi connectivity index (χ3v) is 3.24. The molecule has 0 bridgehead atoms. The average Bonchev–Trinajstić information content (AvgIpc) is 2.99. The molecule has 0 aliphatic carbocycles. The molecule has 2 heterocycles. The van der Waals surface area contributed by atoms with Crippen molar-refractivity contribution in [3.8, 4) is 11.4 Å². The molecule has 0 radical (unpaired) electrons. The van der Waals surface area contributed by atoms with Crippen molar-refractivity contribution >= 4 is 12.2 Å². The van der Waals surface area contributed by atoms with Gasteiger partial charge in [-0.2, -0.15) is 18.3 Å². The Balaban J connectivity index is 2.09. The summed E-state index contributed by atoms with van der Waals surface area (Å²) in [6.45, 7) is 0. The van der Waals surface area contributed by atoms with Gasteiger partial charge in [-0.15, -0.1) is 0 Å². The normalized spacial score (nSPS) is 12.0. The summed E-state index contributed by atoms with van der Waals surface area (Å²) in [7, 11) is 0. The molecular formula is C17H12F3N3. The molecule has 1 N–H and O–H groups in total. The van der Waals surface area contributed by atoms with Crippen molar-refractivity contribution in [2.45, 2.75) is 6.18 Å². The van der Waals surface area contributed by atoms with E-state index < -0.39 is 11.9 Å². The Hall–Kier alpha value is -2.89. The molecule has 3 nitrogen and oxygen atoms in total. The van der Waals surface area contributed by atoms with Crippen molar-refractivity contribution in [2.24, 2.45) is 0 Å². The highest BCUT2D eigenvalue weighted by Gasteiger charge is 2.37. The van der Waals surface area contributed by atoms with E-state index in [1.807, 2.05) is 30.3 Å². The van der Waals surface area contributed by atoms with Crippen LogP contribution in [0.15, 0.2) is 54.7 Å². The van der Waals surface area contributed by atoms with E-state index in [1.165, 1.54) is 12.3 Å². The Bertz CT molecular complexity index is 806. The summed E-state index contributed by atoms with van der Waals surface area (Å²) in [5.74, 6) is 0. The summed E-state index contributed by atoms with van der Waals surface area (Å²) >= 11 is 0. The lowest BCUT2D eigenvalue weighted by Crippen LogP contribution is -2.07. The molecule has 0 aliphatic rings. The lowest BCUT2D eigenvalue weighted by atomic mass is 10.1. The lowest BCUT2D eigenvalue weighted by molar-refractivity contribution is -0.141. The number of pyridine rings is 1. The number of hydrogen-bond donors (Lipinski definition) is 1. The van der Waals surface area contributed by atoms with Gasteiger partial charge in [0, 0.05) is 11.8 Å². The fourth-order valence-corrected chi connectivity index (χ4v) is 2.18. The van der Waals surface area contributed by atoms with Gasteiger partial charge >= 0.3 is 6.18 Å². The standard InChI is InChI=1S/C17H12F3N3/c18-17(19,20)16-13(10-9-12-6-2-1-3-7-12)15(22-23-16)14-8-4-5-11-21-14/h1-11H,(H,22,23). The molecule has 0 fully saturated rings. The highest BCUT2D eigenvalue weighted by atomic mass is 19.4. The number of nitrogens with zero attached hydrogens (tertiary/aromatic N) is 2. The Morgan fingerprint density at radius 2 is 1.65 bits per heavy atom. The van der Waals surface area contributed by atoms with E-state index in [1.54, 1.807) is 24.3 Å². The molecule has 2 aromatic heterocycles. The summed E-state index contributed by atoms with van der Waals surface area (Å²) in [6, 6.07) is 14.1. The first-order valence-electron chi connectivity index (χ1n) is 6.86. The molecule has 6 heteroatoms. The molecule has 1 aromatic carbocycles. The molecule has 0 amide bonds. The molecule has 0 saturated heterocycles. The predicted molar refractivity (Wildman–Crippen MR) is 82.2 cm³/mol. The van der Waals surface area contributed by atoms with Crippen LogP contribution in [-0.4, -0.2) is 15.2 Å². The SMILES string of the molecule is FC(F)(F)c1n[nH]c(-c2ccccn2)c1C=Cc1ccccc1. The molecule has 0 saturated carbocycles. The minimum atomic E-state index is -4.54. The number of aromatic amines is 1. The van der Waals surface area contributed by atoms with Crippen LogP contribution < -0.4 is 0 Å². The van der Waals surface area contributed by atoms with Gasteiger partial charge in [-0.05, 0) is 23.8 Å². The maximum absolute atomic E-state index is 13.2. The molecule has 3 aromatic rings. The molecule has 3 rings (SSSR count). The van der Waals surface area contributed by atoms with Crippen LogP contribution in [0, 0.1) is 0 Å². The van der Waals surface area contributed by atoms with Crippen molar-refractivity contribution in [3.63, 3.8) is 0 Å². The second-order valence-electron chi connectivity index (χ2n) is 4.82. The van der Waals surface area contributed by atoms with Gasteiger partial charge in [0.25, 0.3) is 0 Å². The van der Waals surface area contributed by atoms with E-state index >= 15 is 0 Å². The maximum atomic E-state index is 13.2.